The van der Waals surface area contributed by atoms with E-state index in [1.165, 1.54) is 0 Å². The number of hydrogen-bond donors (Lipinski definition) is 0. The second kappa shape index (κ2) is 9.86. The highest BCUT2D eigenvalue weighted by Crippen LogP contribution is 2.26. The summed E-state index contributed by atoms with van der Waals surface area (Å²) in [6.07, 6.45) is 5.71. The van der Waals surface area contributed by atoms with Crippen molar-refractivity contribution < 1.29 is 9.53 Å². The van der Waals surface area contributed by atoms with E-state index < -0.39 is 0 Å². The van der Waals surface area contributed by atoms with Gasteiger partial charge in [0.1, 0.15) is 0 Å². The molecule has 0 atom stereocenters. The number of thioether (sulfide) groups is 1. The molecule has 1 amide bonds. The molecule has 0 N–H and O–H groups in total. The molecule has 7 nitrogen and oxygen atoms in total. The zero-order chi connectivity index (χ0) is 20.8. The number of amides is 1. The molecule has 0 bridgehead atoms. The van der Waals surface area contributed by atoms with Gasteiger partial charge in [0.15, 0.2) is 11.0 Å². The van der Waals surface area contributed by atoms with Crippen molar-refractivity contribution in [1.29, 1.82) is 0 Å². The third kappa shape index (κ3) is 4.71. The van der Waals surface area contributed by atoms with Gasteiger partial charge in [0.25, 0.3) is 5.91 Å². The molecule has 0 saturated carbocycles. The van der Waals surface area contributed by atoms with Crippen LogP contribution in [0.25, 0.3) is 11.4 Å². The Balaban J connectivity index is 1.45. The van der Waals surface area contributed by atoms with Crippen LogP contribution in [0.1, 0.15) is 28.8 Å². The van der Waals surface area contributed by atoms with Crippen LogP contribution in [0.5, 0.6) is 0 Å². The fourth-order valence-electron chi connectivity index (χ4n) is 3.49. The molecule has 4 rings (SSSR count). The quantitative estimate of drug-likeness (QED) is 0.516. The first kappa shape index (κ1) is 20.6. The van der Waals surface area contributed by atoms with E-state index in [0.29, 0.717) is 13.2 Å². The van der Waals surface area contributed by atoms with Crippen LogP contribution >= 0.6 is 11.8 Å². The van der Waals surface area contributed by atoms with Crippen LogP contribution in [0, 0.1) is 0 Å². The summed E-state index contributed by atoms with van der Waals surface area (Å²) in [6.45, 7) is 2.99. The minimum atomic E-state index is 0.132. The summed E-state index contributed by atoms with van der Waals surface area (Å²) in [6, 6.07) is 11.8. The fraction of sp³-hybridized carbons (Fsp3) is 0.364. The molecule has 0 radical (unpaired) electrons. The first-order chi connectivity index (χ1) is 14.8. The van der Waals surface area contributed by atoms with Crippen LogP contribution in [0.4, 0.5) is 0 Å². The Morgan fingerprint density at radius 3 is 2.50 bits per heavy atom. The molecule has 1 fully saturated rings. The lowest BCUT2D eigenvalue weighted by Gasteiger charge is -2.15. The van der Waals surface area contributed by atoms with E-state index in [-0.39, 0.29) is 5.91 Å². The maximum absolute atomic E-state index is 12.5. The first-order valence-electron chi connectivity index (χ1n) is 10.1. The lowest BCUT2D eigenvalue weighted by atomic mass is 10.1. The van der Waals surface area contributed by atoms with Crippen molar-refractivity contribution in [3.8, 4) is 11.4 Å². The van der Waals surface area contributed by atoms with Crippen molar-refractivity contribution >= 4 is 17.7 Å². The van der Waals surface area contributed by atoms with Crippen molar-refractivity contribution in [2.24, 2.45) is 0 Å². The van der Waals surface area contributed by atoms with Gasteiger partial charge in [0, 0.05) is 49.5 Å². The summed E-state index contributed by atoms with van der Waals surface area (Å²) in [7, 11) is 1.69. The predicted octanol–water partition coefficient (Wildman–Crippen LogP) is 3.51. The number of rotatable bonds is 8. The van der Waals surface area contributed by atoms with Gasteiger partial charge in [-0.15, -0.1) is 10.2 Å². The Kier molecular flexibility index (Phi) is 6.76. The van der Waals surface area contributed by atoms with Gasteiger partial charge in [0.05, 0.1) is 13.2 Å². The van der Waals surface area contributed by atoms with Crippen molar-refractivity contribution in [3.63, 3.8) is 0 Å². The van der Waals surface area contributed by atoms with Crippen molar-refractivity contribution in [2.75, 3.05) is 26.8 Å². The largest absolute Gasteiger partial charge is 0.383 e. The molecule has 3 aromatic rings. The average Bonchev–Trinajstić information content (AvgIpc) is 3.47. The van der Waals surface area contributed by atoms with Gasteiger partial charge in [-0.05, 0) is 42.7 Å². The molecule has 1 aliphatic rings. The van der Waals surface area contributed by atoms with Gasteiger partial charge < -0.3 is 9.64 Å². The number of aromatic nitrogens is 4. The van der Waals surface area contributed by atoms with E-state index in [2.05, 4.69) is 19.7 Å². The number of benzene rings is 1. The molecule has 30 heavy (non-hydrogen) atoms. The van der Waals surface area contributed by atoms with E-state index >= 15 is 0 Å². The number of carbonyl (C=O) groups excluding carboxylic acids is 1. The average molecular weight is 424 g/mol. The summed E-state index contributed by atoms with van der Waals surface area (Å²) in [5, 5.41) is 9.63. The molecule has 156 valence electrons. The summed E-state index contributed by atoms with van der Waals surface area (Å²) in [4.78, 5) is 18.5. The summed E-state index contributed by atoms with van der Waals surface area (Å²) < 4.78 is 7.35. The summed E-state index contributed by atoms with van der Waals surface area (Å²) in [5.74, 6) is 1.69. The Labute approximate surface area is 180 Å². The van der Waals surface area contributed by atoms with Crippen LogP contribution in [0.2, 0.25) is 0 Å². The molecule has 0 spiro atoms. The van der Waals surface area contributed by atoms with E-state index in [1.807, 2.05) is 41.3 Å². The monoisotopic (exact) mass is 423 g/mol. The normalized spacial score (nSPS) is 13.7. The second-order valence-corrected chi connectivity index (χ2v) is 8.11. The van der Waals surface area contributed by atoms with Crippen LogP contribution in [0.15, 0.2) is 53.9 Å². The lowest BCUT2D eigenvalue weighted by Crippen LogP contribution is -2.27. The molecule has 2 aromatic heterocycles. The van der Waals surface area contributed by atoms with E-state index in [1.54, 1.807) is 31.3 Å². The number of likely N-dealkylation sites (tertiary alicyclic amines) is 1. The number of methoxy groups -OCH3 is 1. The van der Waals surface area contributed by atoms with Crippen LogP contribution in [-0.2, 0) is 17.0 Å². The maximum Gasteiger partial charge on any atom is 0.253 e. The highest BCUT2D eigenvalue weighted by Gasteiger charge is 2.19. The Bertz CT molecular complexity index is 969. The maximum atomic E-state index is 12.5. The molecule has 8 heteroatoms. The Morgan fingerprint density at radius 1 is 1.07 bits per heavy atom. The minimum absolute atomic E-state index is 0.132. The second-order valence-electron chi connectivity index (χ2n) is 7.17. The zero-order valence-electron chi connectivity index (χ0n) is 17.0. The Hall–Kier alpha value is -2.71. The van der Waals surface area contributed by atoms with Crippen molar-refractivity contribution in [1.82, 2.24) is 24.6 Å². The highest BCUT2D eigenvalue weighted by atomic mass is 32.2. The first-order valence-corrected chi connectivity index (χ1v) is 11.1. The third-order valence-electron chi connectivity index (χ3n) is 5.14. The smallest absolute Gasteiger partial charge is 0.253 e. The van der Waals surface area contributed by atoms with E-state index in [9.17, 15) is 4.79 Å². The van der Waals surface area contributed by atoms with Crippen LogP contribution in [0.3, 0.4) is 0 Å². The molecular weight excluding hydrogens is 398 g/mol. The topological polar surface area (TPSA) is 73.1 Å². The van der Waals surface area contributed by atoms with Gasteiger partial charge in [-0.3, -0.25) is 14.3 Å². The van der Waals surface area contributed by atoms with Crippen LogP contribution < -0.4 is 0 Å². The molecule has 0 unspecified atom stereocenters. The highest BCUT2D eigenvalue weighted by molar-refractivity contribution is 7.98. The van der Waals surface area contributed by atoms with Gasteiger partial charge in [0.2, 0.25) is 0 Å². The third-order valence-corrected chi connectivity index (χ3v) is 6.17. The number of ether oxygens (including phenoxy) is 1. The zero-order valence-corrected chi connectivity index (χ0v) is 17.8. The van der Waals surface area contributed by atoms with Gasteiger partial charge >= 0.3 is 0 Å². The number of pyridine rings is 1. The molecule has 1 saturated heterocycles. The summed E-state index contributed by atoms with van der Waals surface area (Å²) >= 11 is 1.63. The van der Waals surface area contributed by atoms with Crippen molar-refractivity contribution in [3.05, 3.63) is 59.9 Å². The SMILES string of the molecule is COCCn1c(SCc2ccc(C(=O)N3CCCC3)cc2)nnc1-c1ccncc1. The minimum Gasteiger partial charge on any atom is -0.383 e. The van der Waals surface area contributed by atoms with E-state index in [4.69, 9.17) is 4.74 Å². The van der Waals surface area contributed by atoms with Gasteiger partial charge in [-0.2, -0.15) is 0 Å². The van der Waals surface area contributed by atoms with E-state index in [0.717, 1.165) is 59.4 Å². The number of nitrogens with zero attached hydrogens (tertiary/aromatic N) is 5. The number of hydrogen-bond acceptors (Lipinski definition) is 6. The van der Waals surface area contributed by atoms with Crippen LogP contribution in [-0.4, -0.2) is 57.4 Å². The Morgan fingerprint density at radius 2 is 1.80 bits per heavy atom. The molecule has 0 aliphatic carbocycles. The molecule has 3 heterocycles. The number of carbonyl (C=O) groups is 1. The predicted molar refractivity (Wildman–Crippen MR) is 116 cm³/mol. The molecule has 1 aromatic carbocycles. The fourth-order valence-corrected chi connectivity index (χ4v) is 4.41. The summed E-state index contributed by atoms with van der Waals surface area (Å²) in [5.41, 5.74) is 2.88. The molecular formula is C22H25N5O2S. The van der Waals surface area contributed by atoms with Crippen molar-refractivity contribution in [2.45, 2.75) is 30.3 Å². The van der Waals surface area contributed by atoms with Gasteiger partial charge in [-0.25, -0.2) is 0 Å². The molecule has 1 aliphatic heterocycles. The lowest BCUT2D eigenvalue weighted by molar-refractivity contribution is 0.0793. The van der Waals surface area contributed by atoms with Gasteiger partial charge in [-0.1, -0.05) is 23.9 Å². The standard InChI is InChI=1S/C22H25N5O2S/c1-29-15-14-27-20(18-8-10-23-11-9-18)24-25-22(27)30-16-17-4-6-19(7-5-17)21(28)26-12-2-3-13-26/h4-11H,2-3,12-16H2,1H3.